The lowest BCUT2D eigenvalue weighted by atomic mass is 10.0. The van der Waals surface area contributed by atoms with Crippen LogP contribution in [-0.4, -0.2) is 34.8 Å². The van der Waals surface area contributed by atoms with Crippen LogP contribution in [0, 0.1) is 0 Å². The summed E-state index contributed by atoms with van der Waals surface area (Å²) in [5.41, 5.74) is 3.35. The molecule has 0 aliphatic carbocycles. The van der Waals surface area contributed by atoms with E-state index in [1.807, 2.05) is 54.6 Å². The fourth-order valence-corrected chi connectivity index (χ4v) is 4.94. The highest BCUT2D eigenvalue weighted by atomic mass is 79.9. The molecular weight excluding hydrogens is 548 g/mol. The minimum atomic E-state index is -0.303. The van der Waals surface area contributed by atoms with E-state index in [0.717, 1.165) is 16.7 Å². The van der Waals surface area contributed by atoms with Gasteiger partial charge in [0.05, 0.1) is 31.3 Å². The third-order valence-electron chi connectivity index (χ3n) is 5.52. The average molecular weight is 576 g/mol. The SMILES string of the molecule is Br[C@H]1[C@@H](OCc2ccccc2)[C@H](OCc2ccccc2)[C@@H](COCc2ccccc2)O[C@@H]1Br. The van der Waals surface area contributed by atoms with Crippen molar-refractivity contribution in [2.75, 3.05) is 6.61 Å². The van der Waals surface area contributed by atoms with Crippen molar-refractivity contribution in [3.05, 3.63) is 108 Å². The molecule has 33 heavy (non-hydrogen) atoms. The second-order valence-electron chi connectivity index (χ2n) is 7.99. The third-order valence-corrected chi connectivity index (χ3v) is 8.02. The lowest BCUT2D eigenvalue weighted by Crippen LogP contribution is -2.57. The van der Waals surface area contributed by atoms with Crippen molar-refractivity contribution >= 4 is 31.9 Å². The summed E-state index contributed by atoms with van der Waals surface area (Å²) in [4.78, 5) is -0.0765. The van der Waals surface area contributed by atoms with Crippen LogP contribution in [0.5, 0.6) is 0 Å². The van der Waals surface area contributed by atoms with Crippen LogP contribution in [0.1, 0.15) is 16.7 Å². The van der Waals surface area contributed by atoms with Crippen LogP contribution in [0.3, 0.4) is 0 Å². The summed E-state index contributed by atoms with van der Waals surface area (Å²) in [6.45, 7) is 1.89. The predicted octanol–water partition coefficient (Wildman–Crippen LogP) is 6.26. The second kappa shape index (κ2) is 12.8. The molecule has 3 aromatic rings. The van der Waals surface area contributed by atoms with E-state index in [4.69, 9.17) is 18.9 Å². The fraction of sp³-hybridized carbons (Fsp3) is 0.333. The van der Waals surface area contributed by atoms with Crippen LogP contribution >= 0.6 is 31.9 Å². The summed E-state index contributed by atoms with van der Waals surface area (Å²) in [5.74, 6) is 0. The van der Waals surface area contributed by atoms with Crippen LogP contribution in [0.25, 0.3) is 0 Å². The molecular formula is C27H28Br2O4. The fourth-order valence-electron chi connectivity index (χ4n) is 3.78. The van der Waals surface area contributed by atoms with Gasteiger partial charge in [-0.3, -0.25) is 0 Å². The zero-order valence-corrected chi connectivity index (χ0v) is 21.4. The molecule has 0 unspecified atom stereocenters. The van der Waals surface area contributed by atoms with Gasteiger partial charge in [0.1, 0.15) is 23.3 Å². The number of rotatable bonds is 10. The van der Waals surface area contributed by atoms with Gasteiger partial charge < -0.3 is 18.9 Å². The van der Waals surface area contributed by atoms with E-state index in [1.165, 1.54) is 0 Å². The summed E-state index contributed by atoms with van der Waals surface area (Å²) < 4.78 is 25.1. The molecule has 0 amide bonds. The highest BCUT2D eigenvalue weighted by molar-refractivity contribution is 9.12. The Labute approximate surface area is 212 Å². The Balaban J connectivity index is 1.46. The molecule has 3 aromatic carbocycles. The minimum absolute atomic E-state index is 0.0765. The Morgan fingerprint density at radius 3 is 1.58 bits per heavy atom. The zero-order chi connectivity index (χ0) is 22.9. The first-order chi connectivity index (χ1) is 16.2. The van der Waals surface area contributed by atoms with Crippen molar-refractivity contribution in [1.29, 1.82) is 0 Å². The maximum Gasteiger partial charge on any atom is 0.128 e. The topological polar surface area (TPSA) is 36.9 Å². The van der Waals surface area contributed by atoms with Crippen LogP contribution in [0.15, 0.2) is 91.0 Å². The van der Waals surface area contributed by atoms with E-state index >= 15 is 0 Å². The number of ether oxygens (including phenoxy) is 4. The normalized spacial score (nSPS) is 25.1. The van der Waals surface area contributed by atoms with E-state index in [2.05, 4.69) is 68.3 Å². The van der Waals surface area contributed by atoms with Gasteiger partial charge in [-0.15, -0.1) is 0 Å². The molecule has 0 bridgehead atoms. The summed E-state index contributed by atoms with van der Waals surface area (Å²) in [7, 11) is 0. The van der Waals surface area contributed by atoms with Gasteiger partial charge in [0.2, 0.25) is 0 Å². The number of hydrogen-bond acceptors (Lipinski definition) is 4. The Morgan fingerprint density at radius 2 is 1.06 bits per heavy atom. The average Bonchev–Trinajstić information content (AvgIpc) is 2.86. The van der Waals surface area contributed by atoms with Crippen LogP contribution < -0.4 is 0 Å². The van der Waals surface area contributed by atoms with Crippen molar-refractivity contribution in [3.8, 4) is 0 Å². The summed E-state index contributed by atoms with van der Waals surface area (Å²) in [6, 6.07) is 30.5. The number of alkyl halides is 2. The molecule has 6 heteroatoms. The molecule has 1 saturated heterocycles. The van der Waals surface area contributed by atoms with Crippen molar-refractivity contribution in [2.24, 2.45) is 0 Å². The number of benzene rings is 3. The van der Waals surface area contributed by atoms with E-state index in [9.17, 15) is 0 Å². The summed E-state index contributed by atoms with van der Waals surface area (Å²) >= 11 is 7.44. The number of halogens is 2. The summed E-state index contributed by atoms with van der Waals surface area (Å²) in [5, 5.41) is -0.222. The lowest BCUT2D eigenvalue weighted by Gasteiger charge is -2.43. The third kappa shape index (κ3) is 7.22. The molecule has 174 valence electrons. The largest absolute Gasteiger partial charge is 0.374 e. The Kier molecular flexibility index (Phi) is 9.53. The molecule has 0 radical (unpaired) electrons. The Bertz CT molecular complexity index is 942. The molecule has 1 heterocycles. The van der Waals surface area contributed by atoms with Gasteiger partial charge >= 0.3 is 0 Å². The monoisotopic (exact) mass is 574 g/mol. The number of hydrogen-bond donors (Lipinski definition) is 0. The maximum absolute atomic E-state index is 6.42. The highest BCUT2D eigenvalue weighted by Crippen LogP contribution is 2.34. The molecule has 1 aliphatic heterocycles. The van der Waals surface area contributed by atoms with E-state index in [0.29, 0.717) is 26.4 Å². The molecule has 4 rings (SSSR count). The van der Waals surface area contributed by atoms with Gasteiger partial charge in [0, 0.05) is 0 Å². The van der Waals surface area contributed by atoms with Gasteiger partial charge in [-0.1, -0.05) is 123 Å². The van der Waals surface area contributed by atoms with Crippen molar-refractivity contribution < 1.29 is 18.9 Å². The van der Waals surface area contributed by atoms with Crippen LogP contribution in [0.2, 0.25) is 0 Å². The highest BCUT2D eigenvalue weighted by Gasteiger charge is 2.45. The quantitative estimate of drug-likeness (QED) is 0.267. The molecule has 0 N–H and O–H groups in total. The molecule has 0 aromatic heterocycles. The first-order valence-corrected chi connectivity index (χ1v) is 12.9. The molecule has 0 spiro atoms. The molecule has 1 aliphatic rings. The summed E-state index contributed by atoms with van der Waals surface area (Å²) in [6.07, 6.45) is -0.809. The second-order valence-corrected chi connectivity index (χ2v) is 9.95. The van der Waals surface area contributed by atoms with Crippen LogP contribution in [0.4, 0.5) is 0 Å². The van der Waals surface area contributed by atoms with E-state index in [-0.39, 0.29) is 28.2 Å². The zero-order valence-electron chi connectivity index (χ0n) is 18.3. The van der Waals surface area contributed by atoms with Gasteiger partial charge in [0.25, 0.3) is 0 Å². The standard InChI is InChI=1S/C27H28Br2O4/c28-24-26(32-18-22-14-8-3-9-15-22)25(31-17-21-12-6-2-7-13-21)23(33-27(24)29)19-30-16-20-10-4-1-5-11-20/h1-15,23-27H,16-19H2/t23-,24+,25-,26-,27+/m1/s1. The Morgan fingerprint density at radius 1 is 0.606 bits per heavy atom. The van der Waals surface area contributed by atoms with Gasteiger partial charge in [-0.2, -0.15) is 0 Å². The van der Waals surface area contributed by atoms with Crippen LogP contribution in [-0.2, 0) is 38.8 Å². The molecule has 0 saturated carbocycles. The van der Waals surface area contributed by atoms with Gasteiger partial charge in [0.15, 0.2) is 0 Å². The molecule has 1 fully saturated rings. The first kappa shape index (κ1) is 24.6. The van der Waals surface area contributed by atoms with Crippen molar-refractivity contribution in [3.63, 3.8) is 0 Å². The molecule has 4 nitrogen and oxygen atoms in total. The first-order valence-electron chi connectivity index (χ1n) is 11.1. The van der Waals surface area contributed by atoms with E-state index < -0.39 is 0 Å². The smallest absolute Gasteiger partial charge is 0.128 e. The lowest BCUT2D eigenvalue weighted by molar-refractivity contribution is -0.199. The van der Waals surface area contributed by atoms with Gasteiger partial charge in [-0.05, 0) is 16.7 Å². The predicted molar refractivity (Wildman–Crippen MR) is 136 cm³/mol. The van der Waals surface area contributed by atoms with E-state index in [1.54, 1.807) is 0 Å². The molecule has 5 atom stereocenters. The van der Waals surface area contributed by atoms with Crippen molar-refractivity contribution in [1.82, 2.24) is 0 Å². The minimum Gasteiger partial charge on any atom is -0.374 e. The Hall–Kier alpha value is -1.54. The van der Waals surface area contributed by atoms with Crippen molar-refractivity contribution in [2.45, 2.75) is 48.0 Å². The maximum atomic E-state index is 6.42. The van der Waals surface area contributed by atoms with Gasteiger partial charge in [-0.25, -0.2) is 0 Å².